The van der Waals surface area contributed by atoms with Crippen LogP contribution in [0.3, 0.4) is 0 Å². The Morgan fingerprint density at radius 2 is 1.57 bits per heavy atom. The zero-order valence-electron chi connectivity index (χ0n) is 12.3. The van der Waals surface area contributed by atoms with E-state index in [4.69, 9.17) is 8.94 Å². The van der Waals surface area contributed by atoms with Crippen molar-refractivity contribution in [3.05, 3.63) is 60.6 Å². The molecule has 4 aromatic rings. The summed E-state index contributed by atoms with van der Waals surface area (Å²) < 4.78 is 11.1. The molecule has 3 aromatic heterocycles. The molecule has 0 fully saturated rings. The minimum Gasteiger partial charge on any atom is -0.416 e. The van der Waals surface area contributed by atoms with Gasteiger partial charge in [-0.15, -0.1) is 10.2 Å². The van der Waals surface area contributed by atoms with Crippen molar-refractivity contribution in [2.75, 3.05) is 0 Å². The molecular weight excluding hydrogens is 292 g/mol. The SMILES string of the molecule is Cc1onc(-c2ccccc2)c1-c1nnc(-c2ccncc2)o1. The fraction of sp³-hybridized carbons (Fsp3) is 0.0588. The number of nitrogens with zero attached hydrogens (tertiary/aromatic N) is 4. The van der Waals surface area contributed by atoms with E-state index < -0.39 is 0 Å². The van der Waals surface area contributed by atoms with Crippen LogP contribution < -0.4 is 0 Å². The maximum Gasteiger partial charge on any atom is 0.254 e. The second-order valence-corrected chi connectivity index (χ2v) is 4.98. The van der Waals surface area contributed by atoms with Gasteiger partial charge in [0.2, 0.25) is 5.89 Å². The van der Waals surface area contributed by atoms with Gasteiger partial charge in [0, 0.05) is 23.5 Å². The Labute approximate surface area is 131 Å². The lowest BCUT2D eigenvalue weighted by atomic mass is 10.1. The van der Waals surface area contributed by atoms with Crippen LogP contribution in [0.5, 0.6) is 0 Å². The van der Waals surface area contributed by atoms with Crippen LogP contribution >= 0.6 is 0 Å². The second kappa shape index (κ2) is 5.49. The van der Waals surface area contributed by atoms with Crippen LogP contribution in [-0.2, 0) is 0 Å². The Balaban J connectivity index is 1.81. The van der Waals surface area contributed by atoms with Crippen molar-refractivity contribution in [1.82, 2.24) is 20.3 Å². The summed E-state index contributed by atoms with van der Waals surface area (Å²) in [5, 5.41) is 12.4. The minimum atomic E-state index is 0.384. The molecule has 1 aromatic carbocycles. The van der Waals surface area contributed by atoms with Gasteiger partial charge in [-0.2, -0.15) is 0 Å². The number of pyridine rings is 1. The molecule has 0 N–H and O–H groups in total. The third-order valence-electron chi connectivity index (χ3n) is 3.48. The number of rotatable bonds is 3. The van der Waals surface area contributed by atoms with E-state index in [0.29, 0.717) is 28.8 Å². The average Bonchev–Trinajstić information content (AvgIpc) is 3.23. The van der Waals surface area contributed by atoms with Gasteiger partial charge in [-0.05, 0) is 19.1 Å². The highest BCUT2D eigenvalue weighted by Gasteiger charge is 2.22. The summed E-state index contributed by atoms with van der Waals surface area (Å²) in [5.74, 6) is 1.45. The highest BCUT2D eigenvalue weighted by Crippen LogP contribution is 2.34. The Morgan fingerprint density at radius 1 is 0.826 bits per heavy atom. The predicted octanol–water partition coefficient (Wildman–Crippen LogP) is 3.76. The molecule has 0 amide bonds. The number of benzene rings is 1. The van der Waals surface area contributed by atoms with Crippen molar-refractivity contribution in [3.8, 4) is 34.2 Å². The molecule has 112 valence electrons. The molecule has 0 saturated carbocycles. The summed E-state index contributed by atoms with van der Waals surface area (Å²) >= 11 is 0. The molecule has 0 atom stereocenters. The van der Waals surface area contributed by atoms with Crippen molar-refractivity contribution < 1.29 is 8.94 Å². The van der Waals surface area contributed by atoms with Gasteiger partial charge in [0.1, 0.15) is 17.0 Å². The van der Waals surface area contributed by atoms with E-state index in [1.54, 1.807) is 12.4 Å². The van der Waals surface area contributed by atoms with E-state index in [9.17, 15) is 0 Å². The van der Waals surface area contributed by atoms with Gasteiger partial charge in [0.25, 0.3) is 5.89 Å². The Bertz CT molecular complexity index is 930. The first kappa shape index (κ1) is 13.4. The summed E-state index contributed by atoms with van der Waals surface area (Å²) in [4.78, 5) is 3.98. The zero-order valence-corrected chi connectivity index (χ0v) is 12.3. The largest absolute Gasteiger partial charge is 0.416 e. The predicted molar refractivity (Wildman–Crippen MR) is 83.2 cm³/mol. The van der Waals surface area contributed by atoms with Gasteiger partial charge >= 0.3 is 0 Å². The van der Waals surface area contributed by atoms with E-state index in [2.05, 4.69) is 20.3 Å². The molecule has 3 heterocycles. The topological polar surface area (TPSA) is 77.8 Å². The van der Waals surface area contributed by atoms with Crippen LogP contribution in [0.1, 0.15) is 5.76 Å². The summed E-state index contributed by atoms with van der Waals surface area (Å²) in [6, 6.07) is 13.4. The molecule has 6 nitrogen and oxygen atoms in total. The highest BCUT2D eigenvalue weighted by atomic mass is 16.5. The summed E-state index contributed by atoms with van der Waals surface area (Å²) in [7, 11) is 0. The molecule has 0 radical (unpaired) electrons. The van der Waals surface area contributed by atoms with Crippen LogP contribution in [-0.4, -0.2) is 20.3 Å². The first-order chi connectivity index (χ1) is 11.3. The number of aromatic nitrogens is 4. The van der Waals surface area contributed by atoms with Crippen LogP contribution in [0.2, 0.25) is 0 Å². The molecule has 0 bridgehead atoms. The van der Waals surface area contributed by atoms with Crippen molar-refractivity contribution in [2.45, 2.75) is 6.92 Å². The zero-order chi connectivity index (χ0) is 15.6. The fourth-order valence-corrected chi connectivity index (χ4v) is 2.35. The highest BCUT2D eigenvalue weighted by molar-refractivity contribution is 5.78. The molecular formula is C17H12N4O2. The molecule has 4 rings (SSSR count). The first-order valence-corrected chi connectivity index (χ1v) is 7.09. The number of hydrogen-bond acceptors (Lipinski definition) is 6. The monoisotopic (exact) mass is 304 g/mol. The van der Waals surface area contributed by atoms with Gasteiger partial charge in [0.05, 0.1) is 0 Å². The molecule has 0 aliphatic rings. The van der Waals surface area contributed by atoms with Gasteiger partial charge in [0.15, 0.2) is 0 Å². The van der Waals surface area contributed by atoms with E-state index >= 15 is 0 Å². The molecule has 0 aliphatic carbocycles. The molecule has 0 spiro atoms. The number of aryl methyl sites for hydroxylation is 1. The average molecular weight is 304 g/mol. The summed E-state index contributed by atoms with van der Waals surface area (Å²) in [5.41, 5.74) is 3.15. The van der Waals surface area contributed by atoms with E-state index in [0.717, 1.165) is 11.1 Å². The lowest BCUT2D eigenvalue weighted by Gasteiger charge is -1.98. The maximum atomic E-state index is 5.81. The van der Waals surface area contributed by atoms with Gasteiger partial charge in [-0.3, -0.25) is 4.98 Å². The smallest absolute Gasteiger partial charge is 0.254 e. The minimum absolute atomic E-state index is 0.384. The Morgan fingerprint density at radius 3 is 2.35 bits per heavy atom. The summed E-state index contributed by atoms with van der Waals surface area (Å²) in [6.07, 6.45) is 3.36. The first-order valence-electron chi connectivity index (χ1n) is 7.09. The molecule has 0 saturated heterocycles. The van der Waals surface area contributed by atoms with Crippen LogP contribution in [0.25, 0.3) is 34.2 Å². The normalized spacial score (nSPS) is 10.8. The van der Waals surface area contributed by atoms with Crippen LogP contribution in [0.4, 0.5) is 0 Å². The molecule has 23 heavy (non-hydrogen) atoms. The molecule has 0 aliphatic heterocycles. The van der Waals surface area contributed by atoms with Crippen molar-refractivity contribution >= 4 is 0 Å². The van der Waals surface area contributed by atoms with E-state index in [1.165, 1.54) is 0 Å². The van der Waals surface area contributed by atoms with Gasteiger partial charge in [-0.25, -0.2) is 0 Å². The second-order valence-electron chi connectivity index (χ2n) is 4.98. The van der Waals surface area contributed by atoms with Crippen LogP contribution in [0.15, 0.2) is 63.8 Å². The van der Waals surface area contributed by atoms with Crippen molar-refractivity contribution in [1.29, 1.82) is 0 Å². The van der Waals surface area contributed by atoms with E-state index in [1.807, 2.05) is 49.4 Å². The third kappa shape index (κ3) is 2.40. The lowest BCUT2D eigenvalue weighted by Crippen LogP contribution is -1.84. The Kier molecular flexibility index (Phi) is 3.20. The van der Waals surface area contributed by atoms with Crippen molar-refractivity contribution in [3.63, 3.8) is 0 Å². The fourth-order valence-electron chi connectivity index (χ4n) is 2.35. The van der Waals surface area contributed by atoms with Gasteiger partial charge < -0.3 is 8.94 Å². The maximum absolute atomic E-state index is 5.81. The van der Waals surface area contributed by atoms with Crippen LogP contribution in [0, 0.1) is 6.92 Å². The van der Waals surface area contributed by atoms with E-state index in [-0.39, 0.29) is 0 Å². The third-order valence-corrected chi connectivity index (χ3v) is 3.48. The quantitative estimate of drug-likeness (QED) is 0.573. The summed E-state index contributed by atoms with van der Waals surface area (Å²) in [6.45, 7) is 1.82. The van der Waals surface area contributed by atoms with Gasteiger partial charge in [-0.1, -0.05) is 35.5 Å². The molecule has 6 heteroatoms. The number of hydrogen-bond donors (Lipinski definition) is 0. The Hall–Kier alpha value is -3.28. The lowest BCUT2D eigenvalue weighted by molar-refractivity contribution is 0.399. The molecule has 0 unspecified atom stereocenters. The van der Waals surface area contributed by atoms with Crippen molar-refractivity contribution in [2.24, 2.45) is 0 Å². The standard InChI is InChI=1S/C17H12N4O2/c1-11-14(15(21-23-11)12-5-3-2-4-6-12)17-20-19-16(22-17)13-7-9-18-10-8-13/h2-10H,1H3.